The zero-order chi connectivity index (χ0) is 18.1. The van der Waals surface area contributed by atoms with Crippen molar-refractivity contribution in [2.24, 2.45) is 5.41 Å². The molecule has 2 aliphatic carbocycles. The summed E-state index contributed by atoms with van der Waals surface area (Å²) in [6, 6.07) is 13.8. The van der Waals surface area contributed by atoms with Gasteiger partial charge in [-0.1, -0.05) is 30.3 Å². The van der Waals surface area contributed by atoms with Crippen molar-refractivity contribution in [1.29, 1.82) is 0 Å². The summed E-state index contributed by atoms with van der Waals surface area (Å²) < 4.78 is 5.76. The van der Waals surface area contributed by atoms with Crippen LogP contribution in [0.15, 0.2) is 42.5 Å². The van der Waals surface area contributed by atoms with E-state index < -0.39 is 0 Å². The molecule has 0 radical (unpaired) electrons. The van der Waals surface area contributed by atoms with E-state index in [1.165, 1.54) is 5.56 Å². The first-order valence-electron chi connectivity index (χ1n) is 9.42. The Morgan fingerprint density at radius 2 is 1.92 bits per heavy atom. The van der Waals surface area contributed by atoms with E-state index in [0.29, 0.717) is 17.6 Å². The summed E-state index contributed by atoms with van der Waals surface area (Å²) in [7, 11) is 0. The fourth-order valence-electron chi connectivity index (χ4n) is 4.56. The number of hydrogen-bond acceptors (Lipinski definition) is 2. The second kappa shape index (κ2) is 6.70. The first-order valence-corrected chi connectivity index (χ1v) is 9.42. The highest BCUT2D eigenvalue weighted by Crippen LogP contribution is 2.48. The minimum Gasteiger partial charge on any atom is -0.379 e. The van der Waals surface area contributed by atoms with Crippen molar-refractivity contribution in [3.63, 3.8) is 0 Å². The molecule has 0 N–H and O–H groups in total. The molecule has 0 unspecified atom stereocenters. The molecule has 0 heterocycles. The van der Waals surface area contributed by atoms with Crippen LogP contribution in [0.5, 0.6) is 0 Å². The third-order valence-corrected chi connectivity index (χ3v) is 5.97. The van der Waals surface area contributed by atoms with Crippen LogP contribution in [-0.4, -0.2) is 18.5 Å². The average Bonchev–Trinajstić information content (AvgIpc) is 2.95. The van der Waals surface area contributed by atoms with Gasteiger partial charge in [0.15, 0.2) is 11.5 Å². The minimum atomic E-state index is -0.215. The molecule has 26 heavy (non-hydrogen) atoms. The van der Waals surface area contributed by atoms with Crippen LogP contribution in [0.4, 0.5) is 5.69 Å². The van der Waals surface area contributed by atoms with Gasteiger partial charge in [-0.15, -0.1) is 0 Å². The minimum absolute atomic E-state index is 0.215. The van der Waals surface area contributed by atoms with E-state index >= 15 is 0 Å². The molecule has 4 rings (SSSR count). The van der Waals surface area contributed by atoms with Gasteiger partial charge in [0.1, 0.15) is 0 Å². The third-order valence-electron chi connectivity index (χ3n) is 5.97. The van der Waals surface area contributed by atoms with Crippen molar-refractivity contribution >= 4 is 11.5 Å². The molecule has 0 atom stereocenters. The van der Waals surface area contributed by atoms with Crippen LogP contribution in [0.2, 0.25) is 0 Å². The summed E-state index contributed by atoms with van der Waals surface area (Å²) in [4.78, 5) is 16.8. The lowest BCUT2D eigenvalue weighted by Gasteiger charge is -2.35. The quantitative estimate of drug-likeness (QED) is 0.677. The number of Topliss-reactive ketones (excluding diaryl/α,β-unsaturated/α-hetero) is 1. The van der Waals surface area contributed by atoms with Gasteiger partial charge in [-0.2, -0.15) is 0 Å². The Kier molecular flexibility index (Phi) is 4.38. The van der Waals surface area contributed by atoms with Crippen molar-refractivity contribution in [1.82, 2.24) is 0 Å². The molecular formula is C23H23NO2. The standard InChI is InChI=1S/C23H23NO2/c1-3-26-20-9-11-23(12-10-20)15-18-8-7-17(14-21(18)22(23)25)16-5-4-6-19(13-16)24-2/h4-8,13-14,20H,3,9-12,15H2,1H3. The number of ketones is 1. The normalized spacial score (nSPS) is 24.5. The summed E-state index contributed by atoms with van der Waals surface area (Å²) in [6.45, 7) is 9.98. The van der Waals surface area contributed by atoms with E-state index in [1.807, 2.05) is 31.2 Å². The number of benzene rings is 2. The van der Waals surface area contributed by atoms with Crippen LogP contribution in [0, 0.1) is 12.0 Å². The highest BCUT2D eigenvalue weighted by Gasteiger charge is 2.47. The maximum absolute atomic E-state index is 13.3. The third kappa shape index (κ3) is 2.85. The fourth-order valence-corrected chi connectivity index (χ4v) is 4.56. The van der Waals surface area contributed by atoms with Gasteiger partial charge >= 0.3 is 0 Å². The monoisotopic (exact) mass is 345 g/mol. The zero-order valence-corrected chi connectivity index (χ0v) is 15.1. The number of fused-ring (bicyclic) bond motifs is 1. The molecule has 1 fully saturated rings. The number of carbonyl (C=O) groups excluding carboxylic acids is 1. The number of hydrogen-bond donors (Lipinski definition) is 0. The lowest BCUT2D eigenvalue weighted by Crippen LogP contribution is -2.35. The van der Waals surface area contributed by atoms with Gasteiger partial charge in [0, 0.05) is 17.6 Å². The second-order valence-electron chi connectivity index (χ2n) is 7.47. The van der Waals surface area contributed by atoms with Crippen molar-refractivity contribution in [3.05, 3.63) is 65.0 Å². The van der Waals surface area contributed by atoms with Gasteiger partial charge in [0.25, 0.3) is 0 Å². The zero-order valence-electron chi connectivity index (χ0n) is 15.1. The first kappa shape index (κ1) is 17.0. The van der Waals surface area contributed by atoms with E-state index in [4.69, 9.17) is 11.3 Å². The highest BCUT2D eigenvalue weighted by atomic mass is 16.5. The van der Waals surface area contributed by atoms with Crippen LogP contribution in [0.25, 0.3) is 16.0 Å². The number of carbonyl (C=O) groups is 1. The Labute approximate surface area is 154 Å². The Morgan fingerprint density at radius 3 is 2.65 bits per heavy atom. The van der Waals surface area contributed by atoms with Crippen LogP contribution < -0.4 is 0 Å². The lowest BCUT2D eigenvalue weighted by molar-refractivity contribution is 0.00748. The van der Waals surface area contributed by atoms with E-state index in [1.54, 1.807) is 6.07 Å². The van der Waals surface area contributed by atoms with Crippen molar-refractivity contribution in [2.75, 3.05) is 6.61 Å². The molecule has 2 aromatic rings. The summed E-state index contributed by atoms with van der Waals surface area (Å²) >= 11 is 0. The van der Waals surface area contributed by atoms with Crippen LogP contribution in [0.1, 0.15) is 48.5 Å². The summed E-state index contributed by atoms with van der Waals surface area (Å²) in [6.07, 6.45) is 4.99. The van der Waals surface area contributed by atoms with Crippen LogP contribution >= 0.6 is 0 Å². The maximum atomic E-state index is 13.3. The first-order chi connectivity index (χ1) is 12.6. The maximum Gasteiger partial charge on any atom is 0.187 e. The smallest absolute Gasteiger partial charge is 0.187 e. The molecule has 3 nitrogen and oxygen atoms in total. The predicted octanol–water partition coefficient (Wildman–Crippen LogP) is 5.61. The Morgan fingerprint density at radius 1 is 1.15 bits per heavy atom. The number of rotatable bonds is 3. The number of nitrogens with zero attached hydrogens (tertiary/aromatic N) is 1. The molecule has 3 heteroatoms. The van der Waals surface area contributed by atoms with E-state index in [-0.39, 0.29) is 5.41 Å². The van der Waals surface area contributed by atoms with Gasteiger partial charge in [0.05, 0.1) is 12.7 Å². The molecule has 0 amide bonds. The number of ether oxygens (including phenoxy) is 1. The lowest BCUT2D eigenvalue weighted by atomic mass is 9.70. The second-order valence-corrected chi connectivity index (χ2v) is 7.47. The van der Waals surface area contributed by atoms with Gasteiger partial charge in [-0.25, -0.2) is 4.85 Å². The summed E-state index contributed by atoms with van der Waals surface area (Å²) in [5.41, 5.74) is 4.48. The SMILES string of the molecule is [C-]#[N+]c1cccc(-c2ccc3c(c2)C(=O)C2(CCC(OCC)CC2)C3)c1. The molecule has 2 aromatic carbocycles. The molecule has 132 valence electrons. The van der Waals surface area contributed by atoms with Crippen LogP contribution in [0.3, 0.4) is 0 Å². The van der Waals surface area contributed by atoms with Crippen molar-refractivity contribution in [2.45, 2.75) is 45.1 Å². The van der Waals surface area contributed by atoms with Gasteiger partial charge in [-0.05, 0) is 67.9 Å². The molecule has 0 bridgehead atoms. The molecule has 1 saturated carbocycles. The summed E-state index contributed by atoms with van der Waals surface area (Å²) in [5.74, 6) is 0.311. The van der Waals surface area contributed by atoms with Crippen LogP contribution in [-0.2, 0) is 11.2 Å². The Bertz CT molecular complexity index is 885. The molecule has 2 aliphatic rings. The molecular weight excluding hydrogens is 322 g/mol. The van der Waals surface area contributed by atoms with E-state index in [2.05, 4.69) is 17.0 Å². The van der Waals surface area contributed by atoms with Crippen molar-refractivity contribution < 1.29 is 9.53 Å². The van der Waals surface area contributed by atoms with Gasteiger partial charge in [-0.3, -0.25) is 4.79 Å². The Hall–Kier alpha value is -2.44. The van der Waals surface area contributed by atoms with Gasteiger partial charge in [0.2, 0.25) is 0 Å². The van der Waals surface area contributed by atoms with E-state index in [9.17, 15) is 4.79 Å². The van der Waals surface area contributed by atoms with Crippen molar-refractivity contribution in [3.8, 4) is 11.1 Å². The molecule has 0 saturated heterocycles. The molecule has 0 aliphatic heterocycles. The molecule has 0 aromatic heterocycles. The van der Waals surface area contributed by atoms with Gasteiger partial charge < -0.3 is 4.74 Å². The average molecular weight is 345 g/mol. The topological polar surface area (TPSA) is 30.7 Å². The largest absolute Gasteiger partial charge is 0.379 e. The fraction of sp³-hybridized carbons (Fsp3) is 0.391. The molecule has 1 spiro atoms. The predicted molar refractivity (Wildman–Crippen MR) is 102 cm³/mol. The van der Waals surface area contributed by atoms with E-state index in [0.717, 1.165) is 55.4 Å². The highest BCUT2D eigenvalue weighted by molar-refractivity contribution is 6.05. The summed E-state index contributed by atoms with van der Waals surface area (Å²) in [5, 5.41) is 0. The Balaban J connectivity index is 1.61.